The highest BCUT2D eigenvalue weighted by atomic mass is 16.1. The van der Waals surface area contributed by atoms with Crippen LogP contribution in [0, 0.1) is 28.6 Å². The predicted molar refractivity (Wildman–Crippen MR) is 99.8 cm³/mol. The molecule has 1 N–H and O–H groups in total. The number of allylic oxidation sites excluding steroid dienone is 4. The lowest BCUT2D eigenvalue weighted by Gasteiger charge is -2.56. The third-order valence-electron chi connectivity index (χ3n) is 8.18. The zero-order chi connectivity index (χ0) is 17.9. The number of hydrogen-bond acceptors (Lipinski definition) is 3. The normalized spacial score (nSPS) is 41.9. The molecule has 1 aromatic heterocycles. The fourth-order valence-corrected chi connectivity index (χ4v) is 6.61. The van der Waals surface area contributed by atoms with Crippen LogP contribution in [0.4, 0.5) is 0 Å². The van der Waals surface area contributed by atoms with Crippen LogP contribution in [-0.4, -0.2) is 27.4 Å². The molecule has 2 unspecified atom stereocenters. The van der Waals surface area contributed by atoms with Gasteiger partial charge in [0.1, 0.15) is 0 Å². The van der Waals surface area contributed by atoms with Crippen molar-refractivity contribution in [2.24, 2.45) is 28.6 Å². The fourth-order valence-electron chi connectivity index (χ4n) is 6.61. The molecule has 1 saturated heterocycles. The molecule has 26 heavy (non-hydrogen) atoms. The monoisotopic (exact) mass is 352 g/mol. The summed E-state index contributed by atoms with van der Waals surface area (Å²) in [6.07, 6.45) is 15.0. The van der Waals surface area contributed by atoms with Crippen molar-refractivity contribution in [3.8, 4) is 0 Å². The topological polar surface area (TPSA) is 59.8 Å². The molecule has 1 aliphatic heterocycles. The minimum atomic E-state index is 0.0802. The molecule has 5 heteroatoms. The van der Waals surface area contributed by atoms with E-state index >= 15 is 0 Å². The molecule has 0 bridgehead atoms. The Hall–Kier alpha value is -1.91. The zero-order valence-electron chi connectivity index (χ0n) is 15.7. The minimum absolute atomic E-state index is 0.0802. The number of fused-ring (bicyclic) bond motifs is 5. The quantitative estimate of drug-likeness (QED) is 0.842. The van der Waals surface area contributed by atoms with Gasteiger partial charge in [0.2, 0.25) is 5.91 Å². The van der Waals surface area contributed by atoms with Gasteiger partial charge in [0.25, 0.3) is 0 Å². The predicted octanol–water partition coefficient (Wildman–Crippen LogP) is 3.42. The fraction of sp³-hybridized carbons (Fsp3) is 0.667. The molecule has 5 nitrogen and oxygen atoms in total. The third kappa shape index (κ3) is 2.12. The van der Waals surface area contributed by atoms with Crippen molar-refractivity contribution < 1.29 is 4.79 Å². The van der Waals surface area contributed by atoms with Crippen LogP contribution in [-0.2, 0) is 4.79 Å². The summed E-state index contributed by atoms with van der Waals surface area (Å²) in [4.78, 5) is 12.0. The van der Waals surface area contributed by atoms with E-state index in [0.29, 0.717) is 24.2 Å². The van der Waals surface area contributed by atoms with Crippen molar-refractivity contribution in [3.63, 3.8) is 0 Å². The van der Waals surface area contributed by atoms with E-state index in [2.05, 4.69) is 41.6 Å². The highest BCUT2D eigenvalue weighted by molar-refractivity contribution is 5.76. The van der Waals surface area contributed by atoms with E-state index in [0.717, 1.165) is 19.4 Å². The summed E-state index contributed by atoms with van der Waals surface area (Å²) < 4.78 is 1.95. The van der Waals surface area contributed by atoms with Gasteiger partial charge >= 0.3 is 0 Å². The first-order valence-electron chi connectivity index (χ1n) is 10.1. The number of carbonyl (C=O) groups excluding carboxylic acids is 1. The van der Waals surface area contributed by atoms with Crippen LogP contribution in [0.1, 0.15) is 52.4 Å². The Labute approximate surface area is 154 Å². The van der Waals surface area contributed by atoms with E-state index in [9.17, 15) is 4.79 Å². The molecular formula is C21H28N4O. The number of hydrogen-bond donors (Lipinski definition) is 1. The Morgan fingerprint density at radius 2 is 2.08 bits per heavy atom. The average Bonchev–Trinajstić information content (AvgIpc) is 3.22. The van der Waals surface area contributed by atoms with Crippen molar-refractivity contribution >= 4 is 11.6 Å². The summed E-state index contributed by atoms with van der Waals surface area (Å²) in [5.74, 6) is 2.20. The summed E-state index contributed by atoms with van der Waals surface area (Å²) >= 11 is 0. The molecule has 0 aromatic carbocycles. The average molecular weight is 352 g/mol. The lowest BCUT2D eigenvalue weighted by molar-refractivity contribution is -0.121. The molecule has 3 fully saturated rings. The molecule has 5 atom stereocenters. The Balaban J connectivity index is 1.47. The Kier molecular flexibility index (Phi) is 3.47. The van der Waals surface area contributed by atoms with E-state index < -0.39 is 0 Å². The maximum atomic E-state index is 12.0. The molecule has 3 aliphatic carbocycles. The van der Waals surface area contributed by atoms with Gasteiger partial charge < -0.3 is 5.32 Å². The molecule has 2 heterocycles. The maximum absolute atomic E-state index is 12.0. The first-order valence-corrected chi connectivity index (χ1v) is 10.1. The lowest BCUT2D eigenvalue weighted by atomic mass is 9.48. The van der Waals surface area contributed by atoms with Crippen molar-refractivity contribution in [1.29, 1.82) is 0 Å². The number of amides is 1. The van der Waals surface area contributed by atoms with Gasteiger partial charge in [-0.3, -0.25) is 4.79 Å². The van der Waals surface area contributed by atoms with Gasteiger partial charge in [0.05, 0.1) is 18.1 Å². The molecule has 138 valence electrons. The van der Waals surface area contributed by atoms with Crippen LogP contribution in [0.3, 0.4) is 0 Å². The second kappa shape index (κ2) is 5.54. The van der Waals surface area contributed by atoms with Crippen molar-refractivity contribution in [2.45, 2.75) is 52.4 Å². The molecule has 0 radical (unpaired) electrons. The van der Waals surface area contributed by atoms with Crippen LogP contribution < -0.4 is 5.32 Å². The van der Waals surface area contributed by atoms with Crippen molar-refractivity contribution in [2.75, 3.05) is 6.54 Å². The van der Waals surface area contributed by atoms with Crippen LogP contribution in [0.25, 0.3) is 5.70 Å². The van der Waals surface area contributed by atoms with Crippen LogP contribution in [0.15, 0.2) is 30.1 Å². The van der Waals surface area contributed by atoms with E-state index in [-0.39, 0.29) is 16.7 Å². The Morgan fingerprint density at radius 1 is 1.19 bits per heavy atom. The maximum Gasteiger partial charge on any atom is 0.220 e. The lowest BCUT2D eigenvalue weighted by Crippen LogP contribution is -2.50. The smallest absolute Gasteiger partial charge is 0.220 e. The molecule has 1 amide bonds. The first kappa shape index (κ1) is 16.3. The first-order chi connectivity index (χ1) is 12.5. The summed E-state index contributed by atoms with van der Waals surface area (Å²) in [5.41, 5.74) is 3.23. The summed E-state index contributed by atoms with van der Waals surface area (Å²) in [6, 6.07) is 0. The molecule has 5 rings (SSSR count). The van der Waals surface area contributed by atoms with Gasteiger partial charge in [-0.1, -0.05) is 30.7 Å². The van der Waals surface area contributed by atoms with E-state index in [1.807, 2.05) is 10.9 Å². The molecule has 2 saturated carbocycles. The van der Waals surface area contributed by atoms with Crippen LogP contribution in [0.2, 0.25) is 0 Å². The molecular weight excluding hydrogens is 324 g/mol. The number of aromatic nitrogens is 3. The molecule has 4 aliphatic rings. The Morgan fingerprint density at radius 3 is 2.88 bits per heavy atom. The number of rotatable bonds is 1. The third-order valence-corrected chi connectivity index (χ3v) is 8.18. The van der Waals surface area contributed by atoms with E-state index in [4.69, 9.17) is 0 Å². The van der Waals surface area contributed by atoms with Crippen LogP contribution >= 0.6 is 0 Å². The molecule has 0 spiro atoms. The molecule has 1 aromatic rings. The highest BCUT2D eigenvalue weighted by Crippen LogP contribution is 2.64. The number of nitrogens with one attached hydrogen (secondary N) is 1. The highest BCUT2D eigenvalue weighted by Gasteiger charge is 2.56. The summed E-state index contributed by atoms with van der Waals surface area (Å²) in [6.45, 7) is 5.73. The Bertz CT molecular complexity index is 795. The largest absolute Gasteiger partial charge is 0.356 e. The SMILES string of the molecule is C[C@]12CCC3[C@@H](CCC4CNC(=O)CC[C@@]43C)C1=CC=C2n1ccnn1. The van der Waals surface area contributed by atoms with Crippen molar-refractivity contribution in [1.82, 2.24) is 20.3 Å². The van der Waals surface area contributed by atoms with Crippen LogP contribution in [0.5, 0.6) is 0 Å². The minimum Gasteiger partial charge on any atom is -0.356 e. The van der Waals surface area contributed by atoms with Gasteiger partial charge in [0, 0.05) is 18.4 Å². The summed E-state index contributed by atoms with van der Waals surface area (Å²) in [7, 11) is 0. The number of carbonyl (C=O) groups is 1. The van der Waals surface area contributed by atoms with Gasteiger partial charge in [0.15, 0.2) is 0 Å². The van der Waals surface area contributed by atoms with Gasteiger partial charge in [-0.15, -0.1) is 5.10 Å². The van der Waals surface area contributed by atoms with Crippen molar-refractivity contribution in [3.05, 3.63) is 30.1 Å². The van der Waals surface area contributed by atoms with Gasteiger partial charge in [-0.2, -0.15) is 0 Å². The second-order valence-corrected chi connectivity index (χ2v) is 9.19. The standard InChI is InChI=1S/C21H28N4O/c1-20-10-8-19(26)22-13-14(20)3-4-15-16-5-6-18(25-12-11-23-24-25)21(16,2)9-7-17(15)20/h5-6,11-12,14-15,17H,3-4,7-10,13H2,1-2H3,(H,22,26)/t14?,15-,17?,20-,21-/m0/s1. The van der Waals surface area contributed by atoms with Gasteiger partial charge in [-0.25, -0.2) is 4.68 Å². The number of nitrogens with zero attached hydrogens (tertiary/aromatic N) is 3. The summed E-state index contributed by atoms with van der Waals surface area (Å²) in [5, 5.41) is 11.4. The van der Waals surface area contributed by atoms with Gasteiger partial charge in [-0.05, 0) is 61.3 Å². The second-order valence-electron chi connectivity index (χ2n) is 9.19. The van der Waals surface area contributed by atoms with E-state index in [1.165, 1.54) is 25.0 Å². The zero-order valence-corrected chi connectivity index (χ0v) is 15.7. The van der Waals surface area contributed by atoms with E-state index in [1.54, 1.807) is 11.8 Å².